The first-order chi connectivity index (χ1) is 11.0. The largest absolute Gasteiger partial charge is 0.497 e. The lowest BCUT2D eigenvalue weighted by Crippen LogP contribution is -2.15. The third kappa shape index (κ3) is 2.91. The smallest absolute Gasteiger partial charge is 0.264 e. The number of hydrogen-bond donors (Lipinski definition) is 2. The molecule has 0 saturated carbocycles. The third-order valence-electron chi connectivity index (χ3n) is 3.37. The van der Waals surface area contributed by atoms with E-state index in [9.17, 15) is 8.42 Å². The SMILES string of the molecule is COc1cc(NS(=O)(=O)c2ccccc2N)c2ncccc2c1. The van der Waals surface area contributed by atoms with Crippen molar-refractivity contribution in [3.8, 4) is 5.75 Å². The molecule has 3 N–H and O–H groups in total. The minimum absolute atomic E-state index is 0.0203. The van der Waals surface area contributed by atoms with E-state index in [0.717, 1.165) is 5.39 Å². The van der Waals surface area contributed by atoms with E-state index in [-0.39, 0.29) is 10.6 Å². The van der Waals surface area contributed by atoms with E-state index in [1.807, 2.05) is 6.07 Å². The monoisotopic (exact) mass is 329 g/mol. The molecule has 0 amide bonds. The van der Waals surface area contributed by atoms with Gasteiger partial charge in [-0.2, -0.15) is 0 Å². The number of nitrogens with two attached hydrogens (primary N) is 1. The number of nitrogens with one attached hydrogen (secondary N) is 1. The maximum atomic E-state index is 12.6. The number of fused-ring (bicyclic) bond motifs is 1. The number of para-hydroxylation sites is 1. The molecule has 1 aromatic heterocycles. The van der Waals surface area contributed by atoms with Crippen LogP contribution in [0.2, 0.25) is 0 Å². The summed E-state index contributed by atoms with van der Waals surface area (Å²) in [7, 11) is -2.31. The van der Waals surface area contributed by atoms with Gasteiger partial charge in [-0.05, 0) is 24.3 Å². The standard InChI is InChI=1S/C16H15N3O3S/c1-22-12-9-11-5-4-8-18-16(11)14(10-12)19-23(20,21)15-7-3-2-6-13(15)17/h2-10,19H,17H2,1H3. The molecule has 3 aromatic rings. The van der Waals surface area contributed by atoms with Crippen LogP contribution < -0.4 is 15.2 Å². The predicted octanol–water partition coefficient (Wildman–Crippen LogP) is 2.63. The van der Waals surface area contributed by atoms with E-state index in [0.29, 0.717) is 17.0 Å². The summed E-state index contributed by atoms with van der Waals surface area (Å²) in [6.45, 7) is 0. The molecule has 2 aromatic carbocycles. The Balaban J connectivity index is 2.13. The van der Waals surface area contributed by atoms with Gasteiger partial charge in [0.1, 0.15) is 10.6 Å². The third-order valence-corrected chi connectivity index (χ3v) is 4.81. The lowest BCUT2D eigenvalue weighted by molar-refractivity contribution is 0.415. The van der Waals surface area contributed by atoms with Gasteiger partial charge in [0.25, 0.3) is 10.0 Å². The molecule has 0 bridgehead atoms. The number of aromatic nitrogens is 1. The fourth-order valence-electron chi connectivity index (χ4n) is 2.29. The van der Waals surface area contributed by atoms with Gasteiger partial charge >= 0.3 is 0 Å². The number of rotatable bonds is 4. The summed E-state index contributed by atoms with van der Waals surface area (Å²) in [6.07, 6.45) is 1.60. The maximum Gasteiger partial charge on any atom is 0.264 e. The lowest BCUT2D eigenvalue weighted by atomic mass is 10.2. The van der Waals surface area contributed by atoms with E-state index in [4.69, 9.17) is 10.5 Å². The Morgan fingerprint density at radius 3 is 2.65 bits per heavy atom. The van der Waals surface area contributed by atoms with Crippen LogP contribution in [0.3, 0.4) is 0 Å². The van der Waals surface area contributed by atoms with Gasteiger partial charge in [0.05, 0.1) is 24.0 Å². The first kappa shape index (κ1) is 15.1. The summed E-state index contributed by atoms with van der Waals surface area (Å²) >= 11 is 0. The molecule has 0 unspecified atom stereocenters. The molecule has 0 saturated heterocycles. The molecule has 0 fully saturated rings. The van der Waals surface area contributed by atoms with Crippen molar-refractivity contribution < 1.29 is 13.2 Å². The second-order valence-corrected chi connectivity index (χ2v) is 6.54. The Hall–Kier alpha value is -2.80. The quantitative estimate of drug-likeness (QED) is 0.718. The Labute approximate surface area is 134 Å². The van der Waals surface area contributed by atoms with Crippen molar-refractivity contribution in [3.63, 3.8) is 0 Å². The van der Waals surface area contributed by atoms with Gasteiger partial charge in [-0.15, -0.1) is 0 Å². The highest BCUT2D eigenvalue weighted by atomic mass is 32.2. The van der Waals surface area contributed by atoms with Gasteiger partial charge in [0, 0.05) is 17.6 Å². The van der Waals surface area contributed by atoms with Crippen LogP contribution in [0.5, 0.6) is 5.75 Å². The molecule has 0 aliphatic rings. The van der Waals surface area contributed by atoms with E-state index < -0.39 is 10.0 Å². The number of benzene rings is 2. The second-order valence-electron chi connectivity index (χ2n) is 4.89. The number of pyridine rings is 1. The van der Waals surface area contributed by atoms with Crippen LogP contribution in [-0.4, -0.2) is 20.5 Å². The molecule has 6 nitrogen and oxygen atoms in total. The van der Waals surface area contributed by atoms with Crippen molar-refractivity contribution in [3.05, 3.63) is 54.7 Å². The van der Waals surface area contributed by atoms with Crippen LogP contribution in [-0.2, 0) is 10.0 Å². The van der Waals surface area contributed by atoms with Gasteiger partial charge in [-0.3, -0.25) is 9.71 Å². The van der Waals surface area contributed by atoms with Gasteiger partial charge in [0.2, 0.25) is 0 Å². The number of ether oxygens (including phenoxy) is 1. The molecular weight excluding hydrogens is 314 g/mol. The summed E-state index contributed by atoms with van der Waals surface area (Å²) in [6, 6.07) is 13.3. The van der Waals surface area contributed by atoms with Crippen molar-refractivity contribution in [1.29, 1.82) is 0 Å². The fraction of sp³-hybridized carbons (Fsp3) is 0.0625. The molecule has 0 spiro atoms. The van der Waals surface area contributed by atoms with Crippen LogP contribution in [0.15, 0.2) is 59.6 Å². The zero-order valence-electron chi connectivity index (χ0n) is 12.4. The number of sulfonamides is 1. The molecule has 3 rings (SSSR count). The number of nitrogens with zero attached hydrogens (tertiary/aromatic N) is 1. The Kier molecular flexibility index (Phi) is 3.79. The van der Waals surface area contributed by atoms with E-state index >= 15 is 0 Å². The van der Waals surface area contributed by atoms with Crippen LogP contribution in [0, 0.1) is 0 Å². The molecule has 0 atom stereocenters. The lowest BCUT2D eigenvalue weighted by Gasteiger charge is -2.13. The second kappa shape index (κ2) is 5.77. The number of methoxy groups -OCH3 is 1. The molecular formula is C16H15N3O3S. The highest BCUT2D eigenvalue weighted by Gasteiger charge is 2.19. The summed E-state index contributed by atoms with van der Waals surface area (Å²) in [5.41, 5.74) is 6.82. The Morgan fingerprint density at radius 1 is 1.13 bits per heavy atom. The van der Waals surface area contributed by atoms with E-state index in [1.165, 1.54) is 19.2 Å². The zero-order valence-corrected chi connectivity index (χ0v) is 13.2. The molecule has 118 valence electrons. The highest BCUT2D eigenvalue weighted by molar-refractivity contribution is 7.93. The molecule has 7 heteroatoms. The van der Waals surface area contributed by atoms with Crippen LogP contribution in [0.4, 0.5) is 11.4 Å². The van der Waals surface area contributed by atoms with Crippen LogP contribution in [0.1, 0.15) is 0 Å². The summed E-state index contributed by atoms with van der Waals surface area (Å²) in [5, 5.41) is 0.769. The Bertz CT molecular complexity index is 971. The normalized spacial score (nSPS) is 11.3. The molecule has 0 aliphatic carbocycles. The molecule has 23 heavy (non-hydrogen) atoms. The van der Waals surface area contributed by atoms with Crippen molar-refractivity contribution in [1.82, 2.24) is 4.98 Å². The van der Waals surface area contributed by atoms with E-state index in [1.54, 1.807) is 36.5 Å². The van der Waals surface area contributed by atoms with Crippen LogP contribution >= 0.6 is 0 Å². The molecule has 0 radical (unpaired) electrons. The average molecular weight is 329 g/mol. The minimum atomic E-state index is -3.83. The summed E-state index contributed by atoms with van der Waals surface area (Å²) < 4.78 is 33.0. The number of hydrogen-bond acceptors (Lipinski definition) is 5. The minimum Gasteiger partial charge on any atom is -0.497 e. The van der Waals surface area contributed by atoms with Gasteiger partial charge < -0.3 is 10.5 Å². The topological polar surface area (TPSA) is 94.3 Å². The number of anilines is 2. The molecule has 1 heterocycles. The van der Waals surface area contributed by atoms with Crippen molar-refractivity contribution >= 4 is 32.3 Å². The highest BCUT2D eigenvalue weighted by Crippen LogP contribution is 2.30. The number of nitrogen functional groups attached to an aromatic ring is 1. The maximum absolute atomic E-state index is 12.6. The predicted molar refractivity (Wildman–Crippen MR) is 90.0 cm³/mol. The Morgan fingerprint density at radius 2 is 1.91 bits per heavy atom. The van der Waals surface area contributed by atoms with Crippen molar-refractivity contribution in [2.24, 2.45) is 0 Å². The van der Waals surface area contributed by atoms with Crippen molar-refractivity contribution in [2.45, 2.75) is 4.90 Å². The first-order valence-corrected chi connectivity index (χ1v) is 8.29. The van der Waals surface area contributed by atoms with Crippen LogP contribution in [0.25, 0.3) is 10.9 Å². The van der Waals surface area contributed by atoms with Crippen molar-refractivity contribution in [2.75, 3.05) is 17.6 Å². The molecule has 0 aliphatic heterocycles. The van der Waals surface area contributed by atoms with Gasteiger partial charge in [-0.25, -0.2) is 8.42 Å². The zero-order chi connectivity index (χ0) is 16.4. The fourth-order valence-corrected chi connectivity index (χ4v) is 3.48. The summed E-state index contributed by atoms with van der Waals surface area (Å²) in [4.78, 5) is 4.26. The first-order valence-electron chi connectivity index (χ1n) is 6.81. The summed E-state index contributed by atoms with van der Waals surface area (Å²) in [5.74, 6) is 0.532. The van der Waals surface area contributed by atoms with Gasteiger partial charge in [0.15, 0.2) is 0 Å². The van der Waals surface area contributed by atoms with E-state index in [2.05, 4.69) is 9.71 Å². The average Bonchev–Trinajstić information content (AvgIpc) is 2.54. The van der Waals surface area contributed by atoms with Gasteiger partial charge in [-0.1, -0.05) is 18.2 Å².